The fourth-order valence-corrected chi connectivity index (χ4v) is 2.56. The van der Waals surface area contributed by atoms with Crippen molar-refractivity contribution >= 4 is 17.9 Å². The predicted octanol–water partition coefficient (Wildman–Crippen LogP) is 1.47. The van der Waals surface area contributed by atoms with Gasteiger partial charge in [-0.2, -0.15) is 0 Å². The average molecular weight is 449 g/mol. The summed E-state index contributed by atoms with van der Waals surface area (Å²) in [5, 5.41) is 35.3. The summed E-state index contributed by atoms with van der Waals surface area (Å²) in [5.74, 6) is -1.40. The highest BCUT2D eigenvalue weighted by Gasteiger charge is 2.09. The van der Waals surface area contributed by atoms with Gasteiger partial charge >= 0.3 is 11.9 Å². The van der Waals surface area contributed by atoms with E-state index in [1.54, 1.807) is 0 Å². The van der Waals surface area contributed by atoms with Gasteiger partial charge in [0.25, 0.3) is 0 Å². The highest BCUT2D eigenvalue weighted by molar-refractivity contribution is 5.74. The third-order valence-electron chi connectivity index (χ3n) is 4.46. The van der Waals surface area contributed by atoms with Crippen molar-refractivity contribution in [1.29, 1.82) is 5.41 Å². The van der Waals surface area contributed by atoms with E-state index in [0.717, 1.165) is 12.8 Å². The Morgan fingerprint density at radius 2 is 1.58 bits per heavy atom. The van der Waals surface area contributed by atoms with E-state index in [2.05, 4.69) is 12.2 Å². The van der Waals surface area contributed by atoms with Crippen LogP contribution in [0.1, 0.15) is 84.0 Å². The number of carboxylic acids is 1. The number of rotatable bonds is 18. The molecule has 0 aliphatic carbocycles. The number of guanidine groups is 1. The molecule has 10 nitrogen and oxygen atoms in total. The van der Waals surface area contributed by atoms with Crippen molar-refractivity contribution in [2.75, 3.05) is 19.8 Å². The van der Waals surface area contributed by atoms with E-state index >= 15 is 0 Å². The third kappa shape index (κ3) is 26.1. The highest BCUT2D eigenvalue weighted by Crippen LogP contribution is 2.10. The SMILES string of the molecule is CCCCCCCCCCCC(=O)OCC(O)CO.N=C(N)NCCC[C@H](N)C(=O)O. The molecule has 184 valence electrons. The summed E-state index contributed by atoms with van der Waals surface area (Å²) in [6.07, 6.45) is 11.4. The Morgan fingerprint density at radius 1 is 1.03 bits per heavy atom. The molecule has 1 unspecified atom stereocenters. The first kappa shape index (κ1) is 31.3. The second-order valence-electron chi connectivity index (χ2n) is 7.53. The second-order valence-corrected chi connectivity index (χ2v) is 7.53. The maximum atomic E-state index is 11.3. The summed E-state index contributed by atoms with van der Waals surface area (Å²) in [6.45, 7) is 2.23. The molecule has 0 bridgehead atoms. The Labute approximate surface area is 186 Å². The second kappa shape index (κ2) is 22.8. The van der Waals surface area contributed by atoms with Gasteiger partial charge in [0.2, 0.25) is 0 Å². The number of nitrogens with two attached hydrogens (primary N) is 2. The van der Waals surface area contributed by atoms with Crippen LogP contribution in [0.15, 0.2) is 0 Å². The number of carbonyl (C=O) groups excluding carboxylic acids is 1. The molecule has 0 fully saturated rings. The number of carbonyl (C=O) groups is 2. The van der Waals surface area contributed by atoms with E-state index < -0.39 is 18.1 Å². The lowest BCUT2D eigenvalue weighted by atomic mass is 10.1. The number of aliphatic carboxylic acids is 1. The van der Waals surface area contributed by atoms with Gasteiger partial charge < -0.3 is 36.8 Å². The molecular weight excluding hydrogens is 404 g/mol. The zero-order valence-electron chi connectivity index (χ0n) is 19.0. The van der Waals surface area contributed by atoms with Crippen LogP contribution >= 0.6 is 0 Å². The fraction of sp³-hybridized carbons (Fsp3) is 0.857. The molecule has 0 radical (unpaired) electrons. The average Bonchev–Trinajstić information content (AvgIpc) is 2.73. The molecule has 0 aliphatic heterocycles. The van der Waals surface area contributed by atoms with Gasteiger partial charge in [0.1, 0.15) is 18.8 Å². The Hall–Kier alpha value is -1.91. The smallest absolute Gasteiger partial charge is 0.320 e. The predicted molar refractivity (Wildman–Crippen MR) is 121 cm³/mol. The summed E-state index contributed by atoms with van der Waals surface area (Å²) in [7, 11) is 0. The first-order valence-corrected chi connectivity index (χ1v) is 11.2. The Bertz CT molecular complexity index is 465. The van der Waals surface area contributed by atoms with Crippen molar-refractivity contribution in [2.24, 2.45) is 11.5 Å². The van der Waals surface area contributed by atoms with Crippen LogP contribution in [0.4, 0.5) is 0 Å². The Morgan fingerprint density at radius 3 is 2.06 bits per heavy atom. The van der Waals surface area contributed by atoms with Gasteiger partial charge in [-0.1, -0.05) is 58.3 Å². The molecule has 0 aliphatic rings. The number of hydrogen-bond donors (Lipinski definition) is 7. The van der Waals surface area contributed by atoms with Crippen molar-refractivity contribution in [3.63, 3.8) is 0 Å². The monoisotopic (exact) mass is 448 g/mol. The molecule has 0 saturated heterocycles. The van der Waals surface area contributed by atoms with Crippen LogP contribution < -0.4 is 16.8 Å². The normalized spacial score (nSPS) is 12.3. The molecule has 0 aromatic rings. The van der Waals surface area contributed by atoms with Crippen LogP contribution in [0.5, 0.6) is 0 Å². The van der Waals surface area contributed by atoms with E-state index in [0.29, 0.717) is 25.8 Å². The van der Waals surface area contributed by atoms with Gasteiger partial charge in [-0.05, 0) is 19.3 Å². The molecule has 9 N–H and O–H groups in total. The molecule has 0 aromatic heterocycles. The minimum absolute atomic E-state index is 0.104. The van der Waals surface area contributed by atoms with Gasteiger partial charge in [0.05, 0.1) is 6.61 Å². The minimum atomic E-state index is -1.00. The zero-order chi connectivity index (χ0) is 23.9. The summed E-state index contributed by atoms with van der Waals surface area (Å²) >= 11 is 0. The lowest BCUT2D eigenvalue weighted by Crippen LogP contribution is -2.34. The summed E-state index contributed by atoms with van der Waals surface area (Å²) in [5.41, 5.74) is 10.2. The number of unbranched alkanes of at least 4 members (excludes halogenated alkanes) is 8. The number of carboxylic acid groups (broad SMARTS) is 1. The number of ether oxygens (including phenoxy) is 1. The molecule has 10 heteroatoms. The van der Waals surface area contributed by atoms with Crippen LogP contribution in [-0.2, 0) is 14.3 Å². The molecule has 0 heterocycles. The van der Waals surface area contributed by atoms with E-state index in [1.807, 2.05) is 0 Å². The van der Waals surface area contributed by atoms with E-state index in [1.165, 1.54) is 44.9 Å². The van der Waals surface area contributed by atoms with Gasteiger partial charge in [-0.3, -0.25) is 15.0 Å². The summed E-state index contributed by atoms with van der Waals surface area (Å²) < 4.78 is 4.82. The molecule has 31 heavy (non-hydrogen) atoms. The molecule has 0 rings (SSSR count). The molecule has 0 saturated carbocycles. The Balaban J connectivity index is 0. The number of aliphatic hydroxyl groups is 2. The van der Waals surface area contributed by atoms with Crippen molar-refractivity contribution in [1.82, 2.24) is 5.32 Å². The van der Waals surface area contributed by atoms with Crippen molar-refractivity contribution < 1.29 is 29.6 Å². The molecular formula is C21H44N4O6. The first-order chi connectivity index (χ1) is 14.7. The lowest BCUT2D eigenvalue weighted by molar-refractivity contribution is -0.147. The van der Waals surface area contributed by atoms with E-state index in [-0.39, 0.29) is 25.1 Å². The molecule has 0 amide bonds. The van der Waals surface area contributed by atoms with Crippen molar-refractivity contribution in [2.45, 2.75) is 96.1 Å². The largest absolute Gasteiger partial charge is 0.480 e. The van der Waals surface area contributed by atoms with Crippen LogP contribution in [0.2, 0.25) is 0 Å². The molecule has 2 atom stereocenters. The number of aliphatic hydroxyl groups excluding tert-OH is 2. The minimum Gasteiger partial charge on any atom is -0.480 e. The van der Waals surface area contributed by atoms with Crippen LogP contribution in [-0.4, -0.2) is 65.1 Å². The summed E-state index contributed by atoms with van der Waals surface area (Å²) in [4.78, 5) is 21.5. The summed E-state index contributed by atoms with van der Waals surface area (Å²) in [6, 6.07) is -0.821. The fourth-order valence-electron chi connectivity index (χ4n) is 2.56. The number of hydrogen-bond acceptors (Lipinski definition) is 7. The highest BCUT2D eigenvalue weighted by atomic mass is 16.5. The third-order valence-corrected chi connectivity index (χ3v) is 4.46. The Kier molecular flexibility index (Phi) is 23.0. The maximum Gasteiger partial charge on any atom is 0.320 e. The van der Waals surface area contributed by atoms with Gasteiger partial charge in [-0.25, -0.2) is 0 Å². The standard InChI is InChI=1S/C15H30O4.C6H14N4O2/c1-2-3-4-5-6-7-8-9-10-11-15(18)19-13-14(17)12-16;7-4(5(11)12)2-1-3-10-6(8)9/h14,16-17H,2-13H2,1H3;4H,1-3,7H2,(H,11,12)(H4,8,9,10)/t;4-/m.0/s1. The van der Waals surface area contributed by atoms with Crippen LogP contribution in [0, 0.1) is 5.41 Å². The van der Waals surface area contributed by atoms with Crippen LogP contribution in [0.3, 0.4) is 0 Å². The molecule has 0 spiro atoms. The molecule has 0 aromatic carbocycles. The maximum absolute atomic E-state index is 11.3. The van der Waals surface area contributed by atoms with Crippen molar-refractivity contribution in [3.05, 3.63) is 0 Å². The van der Waals surface area contributed by atoms with Crippen LogP contribution in [0.25, 0.3) is 0 Å². The van der Waals surface area contributed by atoms with Crippen molar-refractivity contribution in [3.8, 4) is 0 Å². The lowest BCUT2D eigenvalue weighted by Gasteiger charge is -2.08. The van der Waals surface area contributed by atoms with E-state index in [9.17, 15) is 9.59 Å². The van der Waals surface area contributed by atoms with Gasteiger partial charge in [0.15, 0.2) is 5.96 Å². The van der Waals surface area contributed by atoms with Gasteiger partial charge in [0, 0.05) is 13.0 Å². The first-order valence-electron chi connectivity index (χ1n) is 11.2. The van der Waals surface area contributed by atoms with Gasteiger partial charge in [-0.15, -0.1) is 0 Å². The van der Waals surface area contributed by atoms with E-state index in [4.69, 9.17) is 36.9 Å². The number of nitrogens with one attached hydrogen (secondary N) is 2. The zero-order valence-corrected chi connectivity index (χ0v) is 19.0. The topological polar surface area (TPSA) is 192 Å². The quantitative estimate of drug-likeness (QED) is 0.0703. The number of esters is 1.